The Labute approximate surface area is 265 Å². The number of imide groups is 1. The molecule has 0 bridgehead atoms. The van der Waals surface area contributed by atoms with Gasteiger partial charge in [0.1, 0.15) is 17.5 Å². The van der Waals surface area contributed by atoms with E-state index in [-0.39, 0.29) is 34.6 Å². The maximum atomic E-state index is 14.2. The van der Waals surface area contributed by atoms with Crippen molar-refractivity contribution in [3.8, 4) is 11.5 Å². The SMILES string of the molecule is NCC1CCCC(CN2C(=O)C(Cc3c[nH]c4ccccc34)N(S(=O)(=O)c3ccc(Oc4ccc(Cl)cc4)c(Cl)c3)C2=O)C1. The Kier molecular flexibility index (Phi) is 8.61. The molecule has 0 spiro atoms. The van der Waals surface area contributed by atoms with Crippen molar-refractivity contribution in [1.82, 2.24) is 14.2 Å². The largest absolute Gasteiger partial charge is 0.456 e. The van der Waals surface area contributed by atoms with Crippen LogP contribution >= 0.6 is 23.2 Å². The highest BCUT2D eigenvalue weighted by Crippen LogP contribution is 2.37. The normalized spacial score (nSPS) is 20.9. The number of nitrogens with one attached hydrogen (secondary N) is 1. The molecular weight excluding hydrogens is 623 g/mol. The molecule has 1 saturated carbocycles. The van der Waals surface area contributed by atoms with Crippen LogP contribution in [0.4, 0.5) is 4.79 Å². The molecule has 2 aliphatic rings. The van der Waals surface area contributed by atoms with Crippen molar-refractivity contribution in [3.05, 3.63) is 88.5 Å². The average Bonchev–Trinajstić information content (AvgIpc) is 3.53. The monoisotopic (exact) mass is 654 g/mol. The van der Waals surface area contributed by atoms with Gasteiger partial charge in [-0.2, -0.15) is 0 Å². The molecule has 3 atom stereocenters. The number of carbonyl (C=O) groups excluding carboxylic acids is 2. The van der Waals surface area contributed by atoms with Crippen molar-refractivity contribution >= 4 is 56.1 Å². The van der Waals surface area contributed by atoms with E-state index in [1.807, 2.05) is 24.3 Å². The highest BCUT2D eigenvalue weighted by Gasteiger charge is 2.52. The highest BCUT2D eigenvalue weighted by atomic mass is 35.5. The number of ether oxygens (including phenoxy) is 1. The lowest BCUT2D eigenvalue weighted by atomic mass is 9.81. The number of amides is 3. The van der Waals surface area contributed by atoms with Crippen molar-refractivity contribution in [3.63, 3.8) is 0 Å². The van der Waals surface area contributed by atoms with Crippen LogP contribution in [0.25, 0.3) is 10.9 Å². The molecule has 2 heterocycles. The van der Waals surface area contributed by atoms with Gasteiger partial charge in [-0.3, -0.25) is 9.69 Å². The molecule has 6 rings (SSSR count). The number of hydrogen-bond acceptors (Lipinski definition) is 6. The average molecular weight is 656 g/mol. The molecule has 1 saturated heterocycles. The molecule has 12 heteroatoms. The topological polar surface area (TPSA) is 126 Å². The molecule has 0 radical (unpaired) electrons. The number of aromatic nitrogens is 1. The molecule has 230 valence electrons. The second-order valence-corrected chi connectivity index (χ2v) is 14.1. The number of para-hydroxylation sites is 1. The fourth-order valence-corrected chi connectivity index (χ4v) is 8.20. The smallest absolute Gasteiger partial charge is 0.341 e. The third-order valence-corrected chi connectivity index (χ3v) is 10.8. The number of hydrogen-bond donors (Lipinski definition) is 2. The van der Waals surface area contributed by atoms with E-state index in [0.29, 0.717) is 23.2 Å². The number of halogens is 2. The summed E-state index contributed by atoms with van der Waals surface area (Å²) < 4.78 is 34.9. The first-order valence-electron chi connectivity index (χ1n) is 14.5. The van der Waals surface area contributed by atoms with E-state index in [0.717, 1.165) is 51.4 Å². The van der Waals surface area contributed by atoms with E-state index in [1.165, 1.54) is 18.2 Å². The van der Waals surface area contributed by atoms with E-state index >= 15 is 0 Å². The van der Waals surface area contributed by atoms with Gasteiger partial charge < -0.3 is 15.5 Å². The van der Waals surface area contributed by atoms with Crippen LogP contribution in [0, 0.1) is 11.8 Å². The summed E-state index contributed by atoms with van der Waals surface area (Å²) in [6.07, 6.45) is 5.37. The summed E-state index contributed by atoms with van der Waals surface area (Å²) >= 11 is 12.4. The van der Waals surface area contributed by atoms with Crippen LogP contribution in [0.1, 0.15) is 31.2 Å². The van der Waals surface area contributed by atoms with Crippen LogP contribution in [-0.4, -0.2) is 53.7 Å². The Balaban J connectivity index is 1.33. The van der Waals surface area contributed by atoms with Gasteiger partial charge in [0.15, 0.2) is 0 Å². The molecule has 3 N–H and O–H groups in total. The standard InChI is InChI=1S/C32H32Cl2N4O5S/c33-23-8-10-24(11-9-23)43-30-13-12-25(16-27(30)34)44(41,42)38-29(15-22-18-36-28-7-2-1-6-26(22)28)31(39)37(32(38)40)19-21-5-3-4-20(14-21)17-35/h1-2,6-13,16,18,20-21,29,36H,3-5,14-15,17,19,35H2. The van der Waals surface area contributed by atoms with Gasteiger partial charge in [0.05, 0.1) is 9.92 Å². The summed E-state index contributed by atoms with van der Waals surface area (Å²) in [4.78, 5) is 31.9. The number of urea groups is 1. The van der Waals surface area contributed by atoms with Crippen molar-refractivity contribution < 1.29 is 22.7 Å². The van der Waals surface area contributed by atoms with Gasteiger partial charge in [-0.15, -0.1) is 0 Å². The van der Waals surface area contributed by atoms with Gasteiger partial charge >= 0.3 is 6.03 Å². The van der Waals surface area contributed by atoms with Crippen molar-refractivity contribution in [2.75, 3.05) is 13.1 Å². The van der Waals surface area contributed by atoms with E-state index in [1.54, 1.807) is 30.5 Å². The van der Waals surface area contributed by atoms with E-state index in [4.69, 9.17) is 33.7 Å². The molecule has 4 aromatic rings. The van der Waals surface area contributed by atoms with E-state index in [9.17, 15) is 18.0 Å². The lowest BCUT2D eigenvalue weighted by molar-refractivity contribution is -0.128. The van der Waals surface area contributed by atoms with Crippen molar-refractivity contribution in [2.24, 2.45) is 17.6 Å². The fraction of sp³-hybridized carbons (Fsp3) is 0.312. The molecule has 44 heavy (non-hydrogen) atoms. The molecule has 3 unspecified atom stereocenters. The van der Waals surface area contributed by atoms with E-state index < -0.39 is 28.0 Å². The van der Waals surface area contributed by atoms with Gasteiger partial charge in [-0.05, 0) is 91.7 Å². The van der Waals surface area contributed by atoms with Gasteiger partial charge in [0.2, 0.25) is 0 Å². The number of aromatic amines is 1. The predicted octanol–water partition coefficient (Wildman–Crippen LogP) is 6.60. The van der Waals surface area contributed by atoms with Crippen LogP contribution in [-0.2, 0) is 21.2 Å². The molecular formula is C32H32Cl2N4O5S. The first-order chi connectivity index (χ1) is 21.2. The minimum atomic E-state index is -4.50. The van der Waals surface area contributed by atoms with Gasteiger partial charge in [0, 0.05) is 35.1 Å². The highest BCUT2D eigenvalue weighted by molar-refractivity contribution is 7.89. The fourth-order valence-electron chi connectivity index (χ4n) is 6.25. The van der Waals surface area contributed by atoms with Crippen LogP contribution in [0.5, 0.6) is 11.5 Å². The number of nitrogens with zero attached hydrogens (tertiary/aromatic N) is 2. The maximum Gasteiger partial charge on any atom is 0.341 e. The number of sulfonamides is 1. The quantitative estimate of drug-likeness (QED) is 0.196. The molecule has 1 aliphatic carbocycles. The Hall–Kier alpha value is -3.57. The second kappa shape index (κ2) is 12.4. The lowest BCUT2D eigenvalue weighted by Crippen LogP contribution is -2.41. The summed E-state index contributed by atoms with van der Waals surface area (Å²) in [7, 11) is -4.50. The third kappa shape index (κ3) is 5.91. The Morgan fingerprint density at radius 1 is 0.977 bits per heavy atom. The van der Waals surface area contributed by atoms with Crippen LogP contribution < -0.4 is 10.5 Å². The summed E-state index contributed by atoms with van der Waals surface area (Å²) in [6, 6.07) is 16.0. The molecule has 1 aromatic heterocycles. The number of nitrogens with two attached hydrogens (primary N) is 1. The molecule has 1 aliphatic heterocycles. The molecule has 9 nitrogen and oxygen atoms in total. The zero-order valence-electron chi connectivity index (χ0n) is 23.8. The van der Waals surface area contributed by atoms with Gasteiger partial charge in [-0.1, -0.05) is 47.8 Å². The summed E-state index contributed by atoms with van der Waals surface area (Å²) in [6.45, 7) is 0.694. The summed E-state index contributed by atoms with van der Waals surface area (Å²) in [5.41, 5.74) is 7.51. The number of rotatable bonds is 9. The molecule has 3 amide bonds. The number of carbonyl (C=O) groups is 2. The minimum Gasteiger partial charge on any atom is -0.456 e. The third-order valence-electron chi connectivity index (χ3n) is 8.51. The predicted molar refractivity (Wildman–Crippen MR) is 169 cm³/mol. The van der Waals surface area contributed by atoms with E-state index in [2.05, 4.69) is 4.98 Å². The Morgan fingerprint density at radius 2 is 1.73 bits per heavy atom. The van der Waals surface area contributed by atoms with Crippen molar-refractivity contribution in [2.45, 2.75) is 43.0 Å². The van der Waals surface area contributed by atoms with Crippen LogP contribution in [0.15, 0.2) is 77.8 Å². The zero-order chi connectivity index (χ0) is 31.0. The lowest BCUT2D eigenvalue weighted by Gasteiger charge is -2.30. The number of H-pyrrole nitrogens is 1. The summed E-state index contributed by atoms with van der Waals surface area (Å²) in [5.74, 6) is 0.522. The first-order valence-corrected chi connectivity index (χ1v) is 16.7. The molecule has 2 fully saturated rings. The van der Waals surface area contributed by atoms with Gasteiger partial charge in [-0.25, -0.2) is 17.5 Å². The second-order valence-electron chi connectivity index (χ2n) is 11.4. The van der Waals surface area contributed by atoms with Crippen LogP contribution in [0.3, 0.4) is 0 Å². The molecule has 3 aromatic carbocycles. The number of fused-ring (bicyclic) bond motifs is 1. The first kappa shape index (κ1) is 30.5. The van der Waals surface area contributed by atoms with Gasteiger partial charge in [0.25, 0.3) is 15.9 Å². The summed E-state index contributed by atoms with van der Waals surface area (Å²) in [5, 5.41) is 1.42. The number of benzene rings is 3. The van der Waals surface area contributed by atoms with Crippen LogP contribution in [0.2, 0.25) is 10.0 Å². The zero-order valence-corrected chi connectivity index (χ0v) is 26.1. The Morgan fingerprint density at radius 3 is 2.48 bits per heavy atom. The Bertz CT molecular complexity index is 1810. The minimum absolute atomic E-state index is 0.0197. The van der Waals surface area contributed by atoms with Crippen molar-refractivity contribution in [1.29, 1.82) is 0 Å². The maximum absolute atomic E-state index is 14.2.